The minimum atomic E-state index is -0.425. The first-order valence-corrected chi connectivity index (χ1v) is 14.2. The Bertz CT molecular complexity index is 1210. The van der Waals surface area contributed by atoms with Crippen molar-refractivity contribution in [3.05, 3.63) is 18.2 Å². The van der Waals surface area contributed by atoms with Crippen LogP contribution in [-0.4, -0.2) is 64.5 Å². The zero-order valence-electron chi connectivity index (χ0n) is 25.5. The SMILES string of the molecule is CC1(C)OB2OC1(C)CCC1(C)OB2OC1(C)C.CCn1nc(N)c2cccc(B3OC(C)(C)C(C)(C)O3)c21. The number of nitrogens with two attached hydrogens (primary N) is 1. The molecule has 4 bridgehead atoms. The van der Waals surface area contributed by atoms with Crippen molar-refractivity contribution in [2.45, 2.75) is 129 Å². The molecule has 5 heterocycles. The lowest BCUT2D eigenvalue weighted by Crippen LogP contribution is -2.50. The van der Waals surface area contributed by atoms with Gasteiger partial charge in [0.2, 0.25) is 0 Å². The molecule has 2 N–H and O–H groups in total. The van der Waals surface area contributed by atoms with Crippen molar-refractivity contribution in [3.63, 3.8) is 0 Å². The maximum Gasteiger partial charge on any atom is 0.497 e. The Morgan fingerprint density at radius 3 is 1.69 bits per heavy atom. The highest BCUT2D eigenvalue weighted by atomic mass is 16.7. The fourth-order valence-electron chi connectivity index (χ4n) is 5.77. The number of nitrogens with zero attached hydrogens (tertiary/aromatic N) is 2. The summed E-state index contributed by atoms with van der Waals surface area (Å²) in [6.07, 6.45) is 1.82. The Hall–Kier alpha value is -1.56. The number of rotatable bonds is 2. The van der Waals surface area contributed by atoms with Crippen molar-refractivity contribution in [3.8, 4) is 0 Å². The fourth-order valence-corrected chi connectivity index (χ4v) is 5.77. The van der Waals surface area contributed by atoms with Gasteiger partial charge in [0.15, 0.2) is 5.82 Å². The molecule has 4 aliphatic heterocycles. The lowest BCUT2D eigenvalue weighted by molar-refractivity contribution is -0.0578. The Kier molecular flexibility index (Phi) is 6.66. The van der Waals surface area contributed by atoms with Crippen LogP contribution in [0.5, 0.6) is 0 Å². The monoisotopic (exact) mass is 539 g/mol. The molecule has 0 spiro atoms. The number of benzene rings is 1. The van der Waals surface area contributed by atoms with Crippen LogP contribution in [0, 0.1) is 0 Å². The zero-order valence-corrected chi connectivity index (χ0v) is 25.5. The van der Waals surface area contributed by atoms with Gasteiger partial charge in [0.25, 0.3) is 0 Å². The van der Waals surface area contributed by atoms with E-state index in [1.807, 2.05) is 29.8 Å². The highest BCUT2D eigenvalue weighted by Gasteiger charge is 2.68. The largest absolute Gasteiger partial charge is 0.497 e. The highest BCUT2D eigenvalue weighted by Crippen LogP contribution is 2.50. The molecule has 9 nitrogen and oxygen atoms in total. The van der Waals surface area contributed by atoms with E-state index in [4.69, 9.17) is 33.7 Å². The van der Waals surface area contributed by atoms with Crippen LogP contribution < -0.4 is 11.2 Å². The molecule has 1 aromatic carbocycles. The van der Waals surface area contributed by atoms with Gasteiger partial charge >= 0.3 is 21.1 Å². The summed E-state index contributed by atoms with van der Waals surface area (Å²) in [7, 11) is -1.25. The molecular formula is C27H44B3N3O6. The van der Waals surface area contributed by atoms with E-state index in [0.29, 0.717) is 5.82 Å². The summed E-state index contributed by atoms with van der Waals surface area (Å²) < 4.78 is 38.5. The van der Waals surface area contributed by atoms with E-state index in [-0.39, 0.29) is 33.6 Å². The summed E-state index contributed by atoms with van der Waals surface area (Å²) in [4.78, 5) is 0. The molecule has 0 saturated carbocycles. The van der Waals surface area contributed by atoms with Crippen molar-refractivity contribution in [1.82, 2.24) is 9.78 Å². The Labute approximate surface area is 234 Å². The molecule has 6 rings (SSSR count). The van der Waals surface area contributed by atoms with Gasteiger partial charge in [-0.1, -0.05) is 12.1 Å². The molecule has 4 aliphatic rings. The van der Waals surface area contributed by atoms with Crippen LogP contribution in [0.3, 0.4) is 0 Å². The average molecular weight is 539 g/mol. The second-order valence-electron chi connectivity index (χ2n) is 13.7. The predicted octanol–water partition coefficient (Wildman–Crippen LogP) is 3.94. The molecule has 2 aromatic rings. The smallest absolute Gasteiger partial charge is 0.405 e. The van der Waals surface area contributed by atoms with E-state index < -0.39 is 21.1 Å². The van der Waals surface area contributed by atoms with Gasteiger partial charge in [-0.2, -0.15) is 5.10 Å². The van der Waals surface area contributed by atoms with Gasteiger partial charge in [0.05, 0.1) is 39.1 Å². The number of aryl methyl sites for hydroxylation is 1. The molecule has 4 fully saturated rings. The first-order chi connectivity index (χ1) is 17.9. The highest BCUT2D eigenvalue weighted by molar-refractivity contribution is 7.11. The number of hydrogen-bond acceptors (Lipinski definition) is 8. The maximum absolute atomic E-state index is 6.16. The Morgan fingerprint density at radius 1 is 0.744 bits per heavy atom. The van der Waals surface area contributed by atoms with E-state index in [9.17, 15) is 0 Å². The van der Waals surface area contributed by atoms with Gasteiger partial charge < -0.3 is 33.7 Å². The minimum absolute atomic E-state index is 0.273. The lowest BCUT2D eigenvalue weighted by atomic mass is 9.49. The van der Waals surface area contributed by atoms with E-state index >= 15 is 0 Å². The summed E-state index contributed by atoms with van der Waals surface area (Å²) in [6, 6.07) is 5.98. The molecule has 1 aromatic heterocycles. The topological polar surface area (TPSA) is 99.2 Å². The quantitative estimate of drug-likeness (QED) is 0.574. The number of fused-ring (bicyclic) bond motifs is 6. The summed E-state index contributed by atoms with van der Waals surface area (Å²) in [6.45, 7) is 23.6. The van der Waals surface area contributed by atoms with Crippen LogP contribution in [0.4, 0.5) is 5.82 Å². The molecule has 2 atom stereocenters. The minimum Gasteiger partial charge on any atom is -0.405 e. The second-order valence-corrected chi connectivity index (χ2v) is 13.7. The fraction of sp³-hybridized carbons (Fsp3) is 0.741. The normalized spacial score (nSPS) is 31.7. The number of hydrogen-bond donors (Lipinski definition) is 1. The van der Waals surface area contributed by atoms with Gasteiger partial charge in [-0.05, 0) is 95.1 Å². The number of aromatic nitrogens is 2. The van der Waals surface area contributed by atoms with Crippen LogP contribution in [0.15, 0.2) is 18.2 Å². The number of anilines is 1. The maximum atomic E-state index is 6.16. The third-order valence-electron chi connectivity index (χ3n) is 10.1. The van der Waals surface area contributed by atoms with Crippen LogP contribution in [0.1, 0.15) is 89.0 Å². The van der Waals surface area contributed by atoms with E-state index in [1.165, 1.54) is 0 Å². The van der Waals surface area contributed by atoms with Crippen molar-refractivity contribution in [1.29, 1.82) is 0 Å². The first-order valence-electron chi connectivity index (χ1n) is 14.2. The molecule has 0 radical (unpaired) electrons. The van der Waals surface area contributed by atoms with Gasteiger partial charge in [0.1, 0.15) is 0 Å². The van der Waals surface area contributed by atoms with Crippen LogP contribution in [0.2, 0.25) is 0 Å². The van der Waals surface area contributed by atoms with Crippen molar-refractivity contribution in [2.75, 3.05) is 5.73 Å². The third-order valence-corrected chi connectivity index (χ3v) is 10.1. The molecule has 39 heavy (non-hydrogen) atoms. The molecule has 0 aliphatic carbocycles. The van der Waals surface area contributed by atoms with Gasteiger partial charge in [-0.25, -0.2) is 0 Å². The van der Waals surface area contributed by atoms with Crippen LogP contribution >= 0.6 is 0 Å². The third kappa shape index (κ3) is 4.46. The molecule has 0 amide bonds. The molecule has 4 saturated heterocycles. The standard InChI is InChI=1S/C15H22BN3O2.C12H22B2O4/c1-6-19-12-10(13(17)18-19)8-7-9-11(12)16-20-14(2,3)15(4,5)21-16;1-9(2)11(5)7-8-12(6)10(3,4)16-14(18-12)13(15-9)17-11/h7-9H,6H2,1-5H3,(H2,17,18);7-8H2,1-6H3. The van der Waals surface area contributed by atoms with Crippen molar-refractivity contribution < 1.29 is 27.9 Å². The molecule has 12 heteroatoms. The predicted molar refractivity (Wildman–Crippen MR) is 156 cm³/mol. The Morgan fingerprint density at radius 2 is 1.23 bits per heavy atom. The van der Waals surface area contributed by atoms with E-state index in [1.54, 1.807) is 0 Å². The summed E-state index contributed by atoms with van der Waals surface area (Å²) in [5, 5.41) is 5.34. The lowest BCUT2D eigenvalue weighted by Gasteiger charge is -2.42. The Balaban J connectivity index is 0.000000160. The molecule has 212 valence electrons. The summed E-state index contributed by atoms with van der Waals surface area (Å²) >= 11 is 0. The summed E-state index contributed by atoms with van der Waals surface area (Å²) in [5.74, 6) is 0.546. The summed E-state index contributed by atoms with van der Waals surface area (Å²) in [5.41, 5.74) is 6.11. The van der Waals surface area contributed by atoms with Gasteiger partial charge in [-0.15, -0.1) is 0 Å². The number of para-hydroxylation sites is 1. The molecule has 2 unspecified atom stereocenters. The van der Waals surface area contributed by atoms with Crippen LogP contribution in [-0.2, 0) is 34.5 Å². The van der Waals surface area contributed by atoms with E-state index in [2.05, 4.69) is 74.3 Å². The number of nitrogen functional groups attached to an aromatic ring is 1. The van der Waals surface area contributed by atoms with Crippen molar-refractivity contribution in [2.24, 2.45) is 0 Å². The van der Waals surface area contributed by atoms with E-state index in [0.717, 1.165) is 35.8 Å². The average Bonchev–Trinajstić information content (AvgIpc) is 3.45. The zero-order chi connectivity index (χ0) is 28.8. The van der Waals surface area contributed by atoms with Crippen LogP contribution in [0.25, 0.3) is 10.9 Å². The van der Waals surface area contributed by atoms with Gasteiger partial charge in [0, 0.05) is 17.4 Å². The van der Waals surface area contributed by atoms with Gasteiger partial charge in [-0.3, -0.25) is 4.68 Å². The molecular weight excluding hydrogens is 495 g/mol. The second kappa shape index (κ2) is 8.97. The van der Waals surface area contributed by atoms with Crippen molar-refractivity contribution >= 4 is 43.3 Å². The first kappa shape index (κ1) is 29.0.